The summed E-state index contributed by atoms with van der Waals surface area (Å²) in [4.78, 5) is 29.1. The standard InChI is InChI=1S/C13H15N5O3/c1-7(19)16-10-5-18(6-11(10)20)13(21)9-2-8-4-15-17-12(8)14-3-9/h2-4,10-11,20H,5-6H2,1H3,(H,16,19)(H,14,15,17)/t10-,11+/m1/s1. The highest BCUT2D eigenvalue weighted by molar-refractivity contribution is 5.97. The van der Waals surface area contributed by atoms with E-state index in [-0.39, 0.29) is 24.9 Å². The Morgan fingerprint density at radius 2 is 2.24 bits per heavy atom. The van der Waals surface area contributed by atoms with Crippen molar-refractivity contribution >= 4 is 22.8 Å². The van der Waals surface area contributed by atoms with Gasteiger partial charge in [0.25, 0.3) is 5.91 Å². The molecule has 3 heterocycles. The van der Waals surface area contributed by atoms with E-state index in [4.69, 9.17) is 0 Å². The molecule has 110 valence electrons. The number of hydrogen-bond acceptors (Lipinski definition) is 5. The monoisotopic (exact) mass is 289 g/mol. The third kappa shape index (κ3) is 2.57. The van der Waals surface area contributed by atoms with E-state index < -0.39 is 12.1 Å². The average molecular weight is 289 g/mol. The van der Waals surface area contributed by atoms with Gasteiger partial charge in [-0.25, -0.2) is 4.98 Å². The molecule has 0 unspecified atom stereocenters. The fourth-order valence-electron chi connectivity index (χ4n) is 2.49. The molecule has 8 heteroatoms. The first-order chi connectivity index (χ1) is 10.0. The lowest BCUT2D eigenvalue weighted by molar-refractivity contribution is -0.120. The Hall–Kier alpha value is -2.48. The second-order valence-electron chi connectivity index (χ2n) is 5.12. The molecule has 3 N–H and O–H groups in total. The number of nitrogens with zero attached hydrogens (tertiary/aromatic N) is 3. The Balaban J connectivity index is 1.77. The van der Waals surface area contributed by atoms with Gasteiger partial charge in [0, 0.05) is 31.6 Å². The van der Waals surface area contributed by atoms with E-state index in [2.05, 4.69) is 20.5 Å². The van der Waals surface area contributed by atoms with Crippen LogP contribution in [-0.2, 0) is 4.79 Å². The third-order valence-electron chi connectivity index (χ3n) is 3.50. The summed E-state index contributed by atoms with van der Waals surface area (Å²) in [6.07, 6.45) is 2.31. The van der Waals surface area contributed by atoms with Gasteiger partial charge in [-0.2, -0.15) is 5.10 Å². The number of aliphatic hydroxyl groups is 1. The minimum atomic E-state index is -0.761. The summed E-state index contributed by atoms with van der Waals surface area (Å²) < 4.78 is 0. The molecule has 2 atom stereocenters. The van der Waals surface area contributed by atoms with Crippen LogP contribution < -0.4 is 5.32 Å². The number of β-amino-alcohol motifs (C(OH)–C–C–N with tert-alkyl or cyclic N) is 1. The van der Waals surface area contributed by atoms with Gasteiger partial charge in [-0.3, -0.25) is 14.7 Å². The summed E-state index contributed by atoms with van der Waals surface area (Å²) in [5.41, 5.74) is 1.05. The molecule has 1 aliphatic rings. The van der Waals surface area contributed by atoms with Crippen LogP contribution in [0.2, 0.25) is 0 Å². The van der Waals surface area contributed by atoms with Crippen LogP contribution in [0.4, 0.5) is 0 Å². The van der Waals surface area contributed by atoms with Gasteiger partial charge in [0.1, 0.15) is 0 Å². The molecular weight excluding hydrogens is 274 g/mol. The third-order valence-corrected chi connectivity index (χ3v) is 3.50. The second-order valence-corrected chi connectivity index (χ2v) is 5.12. The summed E-state index contributed by atoms with van der Waals surface area (Å²) in [6.45, 7) is 1.85. The van der Waals surface area contributed by atoms with Gasteiger partial charge in [0.05, 0.1) is 23.9 Å². The van der Waals surface area contributed by atoms with Gasteiger partial charge in [-0.05, 0) is 6.07 Å². The summed E-state index contributed by atoms with van der Waals surface area (Å²) in [6, 6.07) is 1.27. The van der Waals surface area contributed by atoms with E-state index >= 15 is 0 Å². The molecule has 2 aromatic heterocycles. The van der Waals surface area contributed by atoms with E-state index in [9.17, 15) is 14.7 Å². The lowest BCUT2D eigenvalue weighted by atomic mass is 10.2. The Bertz CT molecular complexity index is 698. The first-order valence-corrected chi connectivity index (χ1v) is 6.58. The zero-order valence-electron chi connectivity index (χ0n) is 11.4. The van der Waals surface area contributed by atoms with E-state index in [0.29, 0.717) is 11.2 Å². The predicted molar refractivity (Wildman–Crippen MR) is 73.4 cm³/mol. The molecule has 1 saturated heterocycles. The van der Waals surface area contributed by atoms with Crippen LogP contribution in [-0.4, -0.2) is 62.2 Å². The summed E-state index contributed by atoms with van der Waals surface area (Å²) in [5.74, 6) is -0.452. The van der Waals surface area contributed by atoms with Crippen molar-refractivity contribution in [3.8, 4) is 0 Å². The van der Waals surface area contributed by atoms with Crippen LogP contribution >= 0.6 is 0 Å². The summed E-state index contributed by atoms with van der Waals surface area (Å²) in [7, 11) is 0. The Morgan fingerprint density at radius 1 is 1.43 bits per heavy atom. The molecule has 0 radical (unpaired) electrons. The van der Waals surface area contributed by atoms with Crippen LogP contribution in [0.15, 0.2) is 18.5 Å². The number of carbonyl (C=O) groups is 2. The molecule has 2 amide bonds. The number of carbonyl (C=O) groups excluding carboxylic acids is 2. The molecule has 8 nitrogen and oxygen atoms in total. The van der Waals surface area contributed by atoms with Crippen LogP contribution in [0, 0.1) is 0 Å². The number of rotatable bonds is 2. The molecule has 1 fully saturated rings. The SMILES string of the molecule is CC(=O)N[C@@H]1CN(C(=O)c2cnc3[nH]ncc3c2)C[C@@H]1O. The number of aromatic nitrogens is 3. The molecule has 21 heavy (non-hydrogen) atoms. The summed E-state index contributed by atoms with van der Waals surface area (Å²) in [5, 5.41) is 19.9. The number of pyridine rings is 1. The lowest BCUT2D eigenvalue weighted by Gasteiger charge is -2.16. The number of H-pyrrole nitrogens is 1. The highest BCUT2D eigenvalue weighted by atomic mass is 16.3. The first kappa shape index (κ1) is 13.5. The van der Waals surface area contributed by atoms with Crippen LogP contribution in [0.25, 0.3) is 11.0 Å². The van der Waals surface area contributed by atoms with Gasteiger partial charge < -0.3 is 15.3 Å². The fraction of sp³-hybridized carbons (Fsp3) is 0.385. The van der Waals surface area contributed by atoms with Crippen molar-refractivity contribution in [3.63, 3.8) is 0 Å². The van der Waals surface area contributed by atoms with Crippen molar-refractivity contribution in [1.82, 2.24) is 25.4 Å². The van der Waals surface area contributed by atoms with Crippen molar-refractivity contribution in [2.24, 2.45) is 0 Å². The normalized spacial score (nSPS) is 21.7. The quantitative estimate of drug-likeness (QED) is 0.675. The smallest absolute Gasteiger partial charge is 0.255 e. The maximum Gasteiger partial charge on any atom is 0.255 e. The van der Waals surface area contributed by atoms with Crippen molar-refractivity contribution in [3.05, 3.63) is 24.0 Å². The van der Waals surface area contributed by atoms with Gasteiger partial charge in [0.2, 0.25) is 5.91 Å². The van der Waals surface area contributed by atoms with Crippen LogP contribution in [0.1, 0.15) is 17.3 Å². The van der Waals surface area contributed by atoms with E-state index in [1.807, 2.05) is 0 Å². The zero-order valence-corrected chi connectivity index (χ0v) is 11.4. The van der Waals surface area contributed by atoms with Crippen LogP contribution in [0.5, 0.6) is 0 Å². The maximum absolute atomic E-state index is 12.4. The largest absolute Gasteiger partial charge is 0.389 e. The molecule has 0 aromatic carbocycles. The maximum atomic E-state index is 12.4. The molecule has 0 spiro atoms. The van der Waals surface area contributed by atoms with Gasteiger partial charge in [-0.1, -0.05) is 0 Å². The second kappa shape index (κ2) is 5.13. The predicted octanol–water partition coefficient (Wildman–Crippen LogP) is -0.721. The number of hydrogen-bond donors (Lipinski definition) is 3. The molecule has 0 bridgehead atoms. The Kier molecular flexibility index (Phi) is 3.30. The average Bonchev–Trinajstić information content (AvgIpc) is 3.04. The minimum Gasteiger partial charge on any atom is -0.389 e. The number of aliphatic hydroxyl groups excluding tert-OH is 1. The number of likely N-dealkylation sites (tertiary alicyclic amines) is 1. The van der Waals surface area contributed by atoms with E-state index in [0.717, 1.165) is 5.39 Å². The highest BCUT2D eigenvalue weighted by Crippen LogP contribution is 2.16. The van der Waals surface area contributed by atoms with Crippen LogP contribution in [0.3, 0.4) is 0 Å². The van der Waals surface area contributed by atoms with Gasteiger partial charge in [-0.15, -0.1) is 0 Å². The zero-order chi connectivity index (χ0) is 15.0. The van der Waals surface area contributed by atoms with Gasteiger partial charge >= 0.3 is 0 Å². The minimum absolute atomic E-state index is 0.188. The van der Waals surface area contributed by atoms with Crippen molar-refractivity contribution in [1.29, 1.82) is 0 Å². The molecular formula is C13H15N5O3. The number of amides is 2. The molecule has 2 aromatic rings. The van der Waals surface area contributed by atoms with Gasteiger partial charge in [0.15, 0.2) is 5.65 Å². The molecule has 3 rings (SSSR count). The van der Waals surface area contributed by atoms with Crippen molar-refractivity contribution in [2.75, 3.05) is 13.1 Å². The molecule has 0 aliphatic carbocycles. The Labute approximate surface area is 120 Å². The highest BCUT2D eigenvalue weighted by Gasteiger charge is 2.34. The number of nitrogens with one attached hydrogen (secondary N) is 2. The Morgan fingerprint density at radius 3 is 3.00 bits per heavy atom. The topological polar surface area (TPSA) is 111 Å². The van der Waals surface area contributed by atoms with E-state index in [1.54, 1.807) is 12.3 Å². The fourth-order valence-corrected chi connectivity index (χ4v) is 2.49. The van der Waals surface area contributed by atoms with Crippen molar-refractivity contribution in [2.45, 2.75) is 19.1 Å². The van der Waals surface area contributed by atoms with Crippen molar-refractivity contribution < 1.29 is 14.7 Å². The number of fused-ring (bicyclic) bond motifs is 1. The number of aromatic amines is 1. The first-order valence-electron chi connectivity index (χ1n) is 6.58. The van der Waals surface area contributed by atoms with E-state index in [1.165, 1.54) is 18.0 Å². The molecule has 1 aliphatic heterocycles. The lowest BCUT2D eigenvalue weighted by Crippen LogP contribution is -2.41. The molecule has 0 saturated carbocycles. The summed E-state index contributed by atoms with van der Waals surface area (Å²) >= 11 is 0.